The van der Waals surface area contributed by atoms with Gasteiger partial charge in [0.15, 0.2) is 0 Å². The Bertz CT molecular complexity index is 487. The molecule has 2 aromatic rings. The van der Waals surface area contributed by atoms with Crippen molar-refractivity contribution < 1.29 is 0 Å². The van der Waals surface area contributed by atoms with Gasteiger partial charge in [0, 0.05) is 33.0 Å². The van der Waals surface area contributed by atoms with Gasteiger partial charge in [-0.15, -0.1) is 11.3 Å². The molecule has 1 heterocycles. The van der Waals surface area contributed by atoms with Crippen molar-refractivity contribution in [2.45, 2.75) is 12.5 Å². The second-order valence-corrected chi connectivity index (χ2v) is 5.94. The first-order valence-electron chi connectivity index (χ1n) is 5.20. The predicted octanol–water partition coefficient (Wildman–Crippen LogP) is 4.06. The lowest BCUT2D eigenvalue weighted by atomic mass is 10.0. The van der Waals surface area contributed by atoms with Crippen molar-refractivity contribution in [3.63, 3.8) is 0 Å². The molecule has 0 bridgehead atoms. The monoisotopic (exact) mass is 330 g/mol. The third-order valence-corrected chi connectivity index (χ3v) is 4.33. The largest absolute Gasteiger partial charge is 0.313 e. The fourth-order valence-corrected chi connectivity index (χ4v) is 3.04. The minimum absolute atomic E-state index is 0.239. The number of likely N-dealkylation sites (N-methyl/N-ethyl adjacent to an activating group) is 1. The van der Waals surface area contributed by atoms with Gasteiger partial charge in [0.05, 0.1) is 5.51 Å². The van der Waals surface area contributed by atoms with E-state index in [9.17, 15) is 0 Å². The van der Waals surface area contributed by atoms with E-state index in [0.717, 1.165) is 15.9 Å². The van der Waals surface area contributed by atoms with Gasteiger partial charge in [0.2, 0.25) is 0 Å². The Morgan fingerprint density at radius 3 is 3.00 bits per heavy atom. The van der Waals surface area contributed by atoms with Crippen LogP contribution in [-0.2, 0) is 6.42 Å². The highest BCUT2D eigenvalue weighted by Crippen LogP contribution is 2.29. The van der Waals surface area contributed by atoms with Crippen LogP contribution in [0.5, 0.6) is 0 Å². The average molecular weight is 332 g/mol. The first-order valence-corrected chi connectivity index (χ1v) is 7.25. The zero-order valence-corrected chi connectivity index (χ0v) is 12.4. The van der Waals surface area contributed by atoms with E-state index < -0.39 is 0 Å². The molecule has 17 heavy (non-hydrogen) atoms. The van der Waals surface area contributed by atoms with Crippen molar-refractivity contribution >= 4 is 38.9 Å². The Labute approximate surface area is 118 Å². The third-order valence-electron chi connectivity index (χ3n) is 2.57. The van der Waals surface area contributed by atoms with Gasteiger partial charge in [0.1, 0.15) is 0 Å². The van der Waals surface area contributed by atoms with Gasteiger partial charge in [-0.3, -0.25) is 4.98 Å². The van der Waals surface area contributed by atoms with E-state index in [0.29, 0.717) is 0 Å². The quantitative estimate of drug-likeness (QED) is 0.914. The van der Waals surface area contributed by atoms with E-state index >= 15 is 0 Å². The van der Waals surface area contributed by atoms with Gasteiger partial charge in [-0.2, -0.15) is 0 Å². The van der Waals surface area contributed by atoms with Gasteiger partial charge in [0.25, 0.3) is 0 Å². The van der Waals surface area contributed by atoms with Gasteiger partial charge in [-0.05, 0) is 30.8 Å². The Hall–Kier alpha value is -0.420. The average Bonchev–Trinajstić information content (AvgIpc) is 2.82. The molecule has 0 spiro atoms. The number of nitrogens with one attached hydrogen (secondary N) is 1. The van der Waals surface area contributed by atoms with Crippen LogP contribution < -0.4 is 5.32 Å². The Morgan fingerprint density at radius 2 is 2.35 bits per heavy atom. The predicted molar refractivity (Wildman–Crippen MR) is 76.8 cm³/mol. The lowest BCUT2D eigenvalue weighted by molar-refractivity contribution is 0.594. The molecule has 5 heteroatoms. The summed E-state index contributed by atoms with van der Waals surface area (Å²) >= 11 is 11.3. The smallest absolute Gasteiger partial charge is 0.0794 e. The molecule has 2 rings (SSSR count). The molecule has 2 nitrogen and oxygen atoms in total. The maximum absolute atomic E-state index is 6.04. The van der Waals surface area contributed by atoms with Crippen molar-refractivity contribution in [2.24, 2.45) is 0 Å². The Kier molecular flexibility index (Phi) is 4.56. The zero-order valence-electron chi connectivity index (χ0n) is 9.28. The van der Waals surface area contributed by atoms with Crippen LogP contribution >= 0.6 is 38.9 Å². The van der Waals surface area contributed by atoms with Gasteiger partial charge in [-0.25, -0.2) is 0 Å². The van der Waals surface area contributed by atoms with E-state index in [1.807, 2.05) is 37.0 Å². The highest BCUT2D eigenvalue weighted by molar-refractivity contribution is 9.10. The molecule has 0 fully saturated rings. The molecule has 0 aliphatic rings. The van der Waals surface area contributed by atoms with E-state index in [2.05, 4.69) is 26.2 Å². The van der Waals surface area contributed by atoms with E-state index in [1.54, 1.807) is 11.3 Å². The topological polar surface area (TPSA) is 24.9 Å². The summed E-state index contributed by atoms with van der Waals surface area (Å²) in [6.45, 7) is 0. The molecule has 0 saturated carbocycles. The summed E-state index contributed by atoms with van der Waals surface area (Å²) < 4.78 is 1.07. The summed E-state index contributed by atoms with van der Waals surface area (Å²) in [5.74, 6) is 0. The zero-order chi connectivity index (χ0) is 12.3. The van der Waals surface area contributed by atoms with E-state index in [1.165, 1.54) is 10.4 Å². The highest BCUT2D eigenvalue weighted by Gasteiger charge is 2.14. The maximum atomic E-state index is 6.04. The number of aromatic nitrogens is 1. The number of nitrogens with zero attached hydrogens (tertiary/aromatic N) is 1. The molecular weight excluding hydrogens is 320 g/mol. The van der Waals surface area contributed by atoms with Crippen LogP contribution in [0.25, 0.3) is 0 Å². The number of halogens is 2. The maximum Gasteiger partial charge on any atom is 0.0794 e. The number of thiazole rings is 1. The van der Waals surface area contributed by atoms with E-state index in [4.69, 9.17) is 11.6 Å². The fourth-order valence-electron chi connectivity index (χ4n) is 1.69. The van der Waals surface area contributed by atoms with Crippen LogP contribution in [0.15, 0.2) is 34.4 Å². The molecule has 0 radical (unpaired) electrons. The minimum Gasteiger partial charge on any atom is -0.313 e. The lowest BCUT2D eigenvalue weighted by Crippen LogP contribution is -2.18. The van der Waals surface area contributed by atoms with Crippen LogP contribution in [0.1, 0.15) is 16.5 Å². The molecule has 90 valence electrons. The highest BCUT2D eigenvalue weighted by atomic mass is 79.9. The third kappa shape index (κ3) is 3.28. The summed E-state index contributed by atoms with van der Waals surface area (Å²) in [5.41, 5.74) is 3.03. The first kappa shape index (κ1) is 13.0. The summed E-state index contributed by atoms with van der Waals surface area (Å²) in [4.78, 5) is 5.36. The van der Waals surface area contributed by atoms with Crippen molar-refractivity contribution in [3.05, 3.63) is 49.8 Å². The van der Waals surface area contributed by atoms with Crippen molar-refractivity contribution in [1.82, 2.24) is 10.3 Å². The van der Waals surface area contributed by atoms with Crippen LogP contribution in [0.4, 0.5) is 0 Å². The molecule has 1 unspecified atom stereocenters. The van der Waals surface area contributed by atoms with Crippen molar-refractivity contribution in [3.8, 4) is 0 Å². The number of hydrogen-bond acceptors (Lipinski definition) is 3. The molecule has 1 aromatic heterocycles. The molecule has 1 N–H and O–H groups in total. The second-order valence-electron chi connectivity index (χ2n) is 3.68. The van der Waals surface area contributed by atoms with Gasteiger partial charge >= 0.3 is 0 Å². The van der Waals surface area contributed by atoms with Crippen LogP contribution in [-0.4, -0.2) is 12.0 Å². The molecule has 0 saturated heterocycles. The summed E-state index contributed by atoms with van der Waals surface area (Å²) in [6, 6.07) is 6.10. The fraction of sp³-hybridized carbons (Fsp3) is 0.250. The summed E-state index contributed by atoms with van der Waals surface area (Å²) in [5, 5.41) is 4.07. The molecular formula is C12H12BrClN2S. The van der Waals surface area contributed by atoms with Gasteiger partial charge in [-0.1, -0.05) is 27.5 Å². The van der Waals surface area contributed by atoms with Crippen LogP contribution in [0.3, 0.4) is 0 Å². The Morgan fingerprint density at radius 1 is 1.53 bits per heavy atom. The van der Waals surface area contributed by atoms with Crippen LogP contribution in [0, 0.1) is 0 Å². The standard InChI is InChI=1S/C12H12BrClN2S/c1-15-12(5-9-6-16-7-17-9)10-4-8(14)2-3-11(10)13/h2-4,6-7,12,15H,5H2,1H3. The molecule has 0 amide bonds. The number of hydrogen-bond donors (Lipinski definition) is 1. The summed E-state index contributed by atoms with van der Waals surface area (Å²) in [7, 11) is 1.96. The molecule has 0 aliphatic carbocycles. The van der Waals surface area contributed by atoms with Crippen molar-refractivity contribution in [2.75, 3.05) is 7.05 Å². The Balaban J connectivity index is 2.25. The van der Waals surface area contributed by atoms with E-state index in [-0.39, 0.29) is 6.04 Å². The molecule has 1 aromatic carbocycles. The first-order chi connectivity index (χ1) is 8.20. The normalized spacial score (nSPS) is 12.6. The molecule has 1 atom stereocenters. The number of benzene rings is 1. The SMILES string of the molecule is CNC(Cc1cncs1)c1cc(Cl)ccc1Br. The minimum atomic E-state index is 0.239. The number of rotatable bonds is 4. The van der Waals surface area contributed by atoms with Gasteiger partial charge < -0.3 is 5.32 Å². The van der Waals surface area contributed by atoms with Crippen LogP contribution in [0.2, 0.25) is 5.02 Å². The molecule has 0 aliphatic heterocycles. The second kappa shape index (κ2) is 5.96. The van der Waals surface area contributed by atoms with Crippen molar-refractivity contribution in [1.29, 1.82) is 0 Å². The lowest BCUT2D eigenvalue weighted by Gasteiger charge is -2.17. The summed E-state index contributed by atoms with van der Waals surface area (Å²) in [6.07, 6.45) is 2.83.